The summed E-state index contributed by atoms with van der Waals surface area (Å²) in [7, 11) is 0. The van der Waals surface area contributed by atoms with Crippen molar-refractivity contribution >= 4 is 5.82 Å². The largest absolute Gasteiger partial charge is 0.356 e. The molecule has 2 aliphatic rings. The lowest BCUT2D eigenvalue weighted by molar-refractivity contribution is 0.499. The minimum Gasteiger partial charge on any atom is -0.356 e. The van der Waals surface area contributed by atoms with E-state index in [9.17, 15) is 0 Å². The van der Waals surface area contributed by atoms with Crippen LogP contribution in [0.1, 0.15) is 35.6 Å². The van der Waals surface area contributed by atoms with Crippen molar-refractivity contribution in [1.82, 2.24) is 20.3 Å². The highest BCUT2D eigenvalue weighted by Crippen LogP contribution is 2.31. The SMILES string of the molecule is c1cc(C2CCN(c3ncnc4c3CCNC4)CC2)ccn1. The normalized spacial score (nSPS) is 19.0. The van der Waals surface area contributed by atoms with Gasteiger partial charge in [-0.15, -0.1) is 0 Å². The van der Waals surface area contributed by atoms with Gasteiger partial charge in [0.1, 0.15) is 12.1 Å². The zero-order valence-electron chi connectivity index (χ0n) is 12.7. The molecule has 0 bridgehead atoms. The lowest BCUT2D eigenvalue weighted by Gasteiger charge is -2.35. The van der Waals surface area contributed by atoms with Gasteiger partial charge in [0.15, 0.2) is 0 Å². The van der Waals surface area contributed by atoms with Crippen LogP contribution in [-0.2, 0) is 13.0 Å². The van der Waals surface area contributed by atoms with Crippen molar-refractivity contribution in [3.8, 4) is 0 Å². The van der Waals surface area contributed by atoms with Gasteiger partial charge in [-0.3, -0.25) is 4.98 Å². The molecule has 0 unspecified atom stereocenters. The number of hydrogen-bond donors (Lipinski definition) is 1. The van der Waals surface area contributed by atoms with Crippen LogP contribution in [0.4, 0.5) is 5.82 Å². The molecule has 4 heterocycles. The Morgan fingerprint density at radius 2 is 1.91 bits per heavy atom. The molecule has 0 aromatic carbocycles. The fraction of sp³-hybridized carbons (Fsp3) is 0.471. The molecule has 0 saturated carbocycles. The molecule has 2 aliphatic heterocycles. The number of fused-ring (bicyclic) bond motifs is 1. The zero-order chi connectivity index (χ0) is 14.8. The van der Waals surface area contributed by atoms with E-state index in [1.54, 1.807) is 6.33 Å². The standard InChI is InChI=1S/C17H21N5/c1-6-18-7-2-13(1)14-4-9-22(10-5-14)17-15-3-8-19-11-16(15)20-12-21-17/h1-2,6-7,12,14,19H,3-5,8-11H2. The van der Waals surface area contributed by atoms with Crippen LogP contribution < -0.4 is 10.2 Å². The van der Waals surface area contributed by atoms with Crippen molar-refractivity contribution in [3.63, 3.8) is 0 Å². The highest BCUT2D eigenvalue weighted by Gasteiger charge is 2.25. The van der Waals surface area contributed by atoms with Crippen LogP contribution in [0.5, 0.6) is 0 Å². The third kappa shape index (κ3) is 2.57. The molecule has 0 amide bonds. The molecule has 5 heteroatoms. The Hall–Kier alpha value is -2.01. The average Bonchev–Trinajstić information content (AvgIpc) is 2.62. The minimum atomic E-state index is 0.651. The number of aromatic nitrogens is 3. The second-order valence-corrected chi connectivity index (χ2v) is 6.09. The van der Waals surface area contributed by atoms with Gasteiger partial charge in [0.25, 0.3) is 0 Å². The molecule has 1 saturated heterocycles. The highest BCUT2D eigenvalue weighted by atomic mass is 15.2. The second kappa shape index (κ2) is 6.01. The first-order valence-corrected chi connectivity index (χ1v) is 8.10. The summed E-state index contributed by atoms with van der Waals surface area (Å²) in [4.78, 5) is 15.6. The molecule has 0 spiro atoms. The smallest absolute Gasteiger partial charge is 0.135 e. The molecule has 0 atom stereocenters. The Labute approximate surface area is 130 Å². The number of piperidine rings is 1. The Morgan fingerprint density at radius 3 is 2.73 bits per heavy atom. The number of hydrogen-bond acceptors (Lipinski definition) is 5. The third-order valence-electron chi connectivity index (χ3n) is 4.83. The maximum atomic E-state index is 4.59. The summed E-state index contributed by atoms with van der Waals surface area (Å²) in [5, 5.41) is 3.38. The summed E-state index contributed by atoms with van der Waals surface area (Å²) in [5.41, 5.74) is 3.94. The van der Waals surface area contributed by atoms with Crippen LogP contribution in [0.2, 0.25) is 0 Å². The average molecular weight is 295 g/mol. The van der Waals surface area contributed by atoms with E-state index < -0.39 is 0 Å². The predicted octanol–water partition coefficient (Wildman–Crippen LogP) is 1.90. The number of nitrogens with zero attached hydrogens (tertiary/aromatic N) is 4. The molecule has 1 fully saturated rings. The van der Waals surface area contributed by atoms with E-state index in [4.69, 9.17) is 0 Å². The number of rotatable bonds is 2. The lowest BCUT2D eigenvalue weighted by Crippen LogP contribution is -2.36. The van der Waals surface area contributed by atoms with Gasteiger partial charge in [-0.1, -0.05) is 0 Å². The maximum absolute atomic E-state index is 4.59. The topological polar surface area (TPSA) is 53.9 Å². The monoisotopic (exact) mass is 295 g/mol. The van der Waals surface area contributed by atoms with Gasteiger partial charge in [0, 0.05) is 37.6 Å². The van der Waals surface area contributed by atoms with Crippen LogP contribution in [0.15, 0.2) is 30.9 Å². The Balaban J connectivity index is 1.50. The van der Waals surface area contributed by atoms with E-state index in [0.29, 0.717) is 5.92 Å². The van der Waals surface area contributed by atoms with Crippen LogP contribution in [0, 0.1) is 0 Å². The molecular formula is C17H21N5. The van der Waals surface area contributed by atoms with Gasteiger partial charge in [-0.2, -0.15) is 0 Å². The van der Waals surface area contributed by atoms with Gasteiger partial charge in [-0.05, 0) is 49.4 Å². The number of anilines is 1. The van der Waals surface area contributed by atoms with Crippen LogP contribution in [0.3, 0.4) is 0 Å². The van der Waals surface area contributed by atoms with E-state index in [1.165, 1.54) is 35.5 Å². The van der Waals surface area contributed by atoms with Crippen LogP contribution in [-0.4, -0.2) is 34.6 Å². The molecule has 114 valence electrons. The zero-order valence-corrected chi connectivity index (χ0v) is 12.7. The molecule has 2 aromatic rings. The summed E-state index contributed by atoms with van der Waals surface area (Å²) in [6, 6.07) is 4.30. The molecule has 5 nitrogen and oxygen atoms in total. The minimum absolute atomic E-state index is 0.651. The summed E-state index contributed by atoms with van der Waals surface area (Å²) in [6.45, 7) is 4.05. The summed E-state index contributed by atoms with van der Waals surface area (Å²) in [6.07, 6.45) is 8.92. The summed E-state index contributed by atoms with van der Waals surface area (Å²) >= 11 is 0. The molecule has 2 aromatic heterocycles. The molecule has 0 aliphatic carbocycles. The van der Waals surface area contributed by atoms with Gasteiger partial charge >= 0.3 is 0 Å². The first kappa shape index (κ1) is 13.6. The van der Waals surface area contributed by atoms with Crippen molar-refractivity contribution in [3.05, 3.63) is 47.7 Å². The molecule has 22 heavy (non-hydrogen) atoms. The van der Waals surface area contributed by atoms with Crippen molar-refractivity contribution in [1.29, 1.82) is 0 Å². The summed E-state index contributed by atoms with van der Waals surface area (Å²) < 4.78 is 0. The fourth-order valence-electron chi connectivity index (χ4n) is 3.60. The van der Waals surface area contributed by atoms with Gasteiger partial charge in [0.2, 0.25) is 0 Å². The van der Waals surface area contributed by atoms with Crippen molar-refractivity contribution in [2.45, 2.75) is 31.7 Å². The van der Waals surface area contributed by atoms with E-state index >= 15 is 0 Å². The first-order chi connectivity index (χ1) is 10.9. The molecular weight excluding hydrogens is 274 g/mol. The summed E-state index contributed by atoms with van der Waals surface area (Å²) in [5.74, 6) is 1.82. The van der Waals surface area contributed by atoms with Crippen molar-refractivity contribution in [2.24, 2.45) is 0 Å². The van der Waals surface area contributed by atoms with E-state index in [-0.39, 0.29) is 0 Å². The fourth-order valence-corrected chi connectivity index (χ4v) is 3.60. The van der Waals surface area contributed by atoms with Gasteiger partial charge in [0.05, 0.1) is 5.69 Å². The lowest BCUT2D eigenvalue weighted by atomic mass is 9.90. The quantitative estimate of drug-likeness (QED) is 0.917. The van der Waals surface area contributed by atoms with Crippen molar-refractivity contribution < 1.29 is 0 Å². The van der Waals surface area contributed by atoms with Gasteiger partial charge < -0.3 is 10.2 Å². The Morgan fingerprint density at radius 1 is 1.09 bits per heavy atom. The van der Waals surface area contributed by atoms with E-state index in [0.717, 1.165) is 32.6 Å². The second-order valence-electron chi connectivity index (χ2n) is 6.09. The van der Waals surface area contributed by atoms with Crippen molar-refractivity contribution in [2.75, 3.05) is 24.5 Å². The van der Waals surface area contributed by atoms with Gasteiger partial charge in [-0.25, -0.2) is 9.97 Å². The first-order valence-electron chi connectivity index (χ1n) is 8.10. The molecule has 0 radical (unpaired) electrons. The number of pyridine rings is 1. The predicted molar refractivity (Wildman–Crippen MR) is 85.9 cm³/mol. The molecule has 1 N–H and O–H groups in total. The highest BCUT2D eigenvalue weighted by molar-refractivity contribution is 5.50. The van der Waals surface area contributed by atoms with Crippen LogP contribution >= 0.6 is 0 Å². The Kier molecular flexibility index (Phi) is 3.72. The Bertz CT molecular complexity index is 635. The third-order valence-corrected chi connectivity index (χ3v) is 4.83. The van der Waals surface area contributed by atoms with E-state index in [1.807, 2.05) is 12.4 Å². The van der Waals surface area contributed by atoms with E-state index in [2.05, 4.69) is 37.3 Å². The van der Waals surface area contributed by atoms with Crippen LogP contribution in [0.25, 0.3) is 0 Å². The number of nitrogens with one attached hydrogen (secondary N) is 1. The molecule has 4 rings (SSSR count). The maximum Gasteiger partial charge on any atom is 0.135 e.